The quantitative estimate of drug-likeness (QED) is 0.766. The Hall–Kier alpha value is -1.03. The van der Waals surface area contributed by atoms with Crippen LogP contribution >= 0.6 is 0 Å². The van der Waals surface area contributed by atoms with Crippen molar-refractivity contribution in [2.75, 3.05) is 18.4 Å². The average molecular weight is 264 g/mol. The third-order valence-corrected chi connectivity index (χ3v) is 3.75. The zero-order valence-electron chi connectivity index (χ0n) is 12.7. The average Bonchev–Trinajstić information content (AvgIpc) is 2.72. The standard InChI is InChI=1S/C15H28N4/c1-10(2)9-13-14(11(3)4)15(19-18-13)17-12-5-7-16-8-6-12/h10-12,16H,5-9H2,1-4H3,(H2,17,18,19). The number of hydrogen-bond acceptors (Lipinski definition) is 3. The van der Waals surface area contributed by atoms with Crippen molar-refractivity contribution in [2.24, 2.45) is 5.92 Å². The molecule has 0 atom stereocenters. The second-order valence-electron chi connectivity index (χ2n) is 6.39. The molecule has 2 heterocycles. The summed E-state index contributed by atoms with van der Waals surface area (Å²) in [5, 5.41) is 14.8. The highest BCUT2D eigenvalue weighted by Crippen LogP contribution is 2.28. The molecule has 1 aliphatic heterocycles. The van der Waals surface area contributed by atoms with E-state index in [1.54, 1.807) is 0 Å². The van der Waals surface area contributed by atoms with Crippen LogP contribution in [0.25, 0.3) is 0 Å². The van der Waals surface area contributed by atoms with Crippen LogP contribution in [0.5, 0.6) is 0 Å². The van der Waals surface area contributed by atoms with E-state index in [0.717, 1.165) is 25.3 Å². The van der Waals surface area contributed by atoms with Crippen molar-refractivity contribution < 1.29 is 0 Å². The highest BCUT2D eigenvalue weighted by atomic mass is 15.2. The van der Waals surface area contributed by atoms with Gasteiger partial charge in [0.25, 0.3) is 0 Å². The number of aromatic amines is 1. The van der Waals surface area contributed by atoms with E-state index in [1.807, 2.05) is 0 Å². The smallest absolute Gasteiger partial charge is 0.151 e. The molecule has 0 amide bonds. The van der Waals surface area contributed by atoms with Gasteiger partial charge in [-0.25, -0.2) is 0 Å². The Morgan fingerprint density at radius 1 is 1.21 bits per heavy atom. The van der Waals surface area contributed by atoms with E-state index in [1.165, 1.54) is 24.1 Å². The van der Waals surface area contributed by atoms with Crippen molar-refractivity contribution >= 4 is 5.82 Å². The Morgan fingerprint density at radius 3 is 2.47 bits per heavy atom. The number of nitrogens with one attached hydrogen (secondary N) is 3. The minimum absolute atomic E-state index is 0.511. The SMILES string of the molecule is CC(C)Cc1[nH]nc(NC2CCNCC2)c1C(C)C. The predicted octanol–water partition coefficient (Wildman–Crippen LogP) is 2.90. The molecule has 4 nitrogen and oxygen atoms in total. The first-order valence-electron chi connectivity index (χ1n) is 7.62. The summed E-state index contributed by atoms with van der Waals surface area (Å²) < 4.78 is 0. The summed E-state index contributed by atoms with van der Waals surface area (Å²) in [7, 11) is 0. The van der Waals surface area contributed by atoms with Gasteiger partial charge in [-0.2, -0.15) is 5.10 Å². The first kappa shape index (κ1) is 14.4. The van der Waals surface area contributed by atoms with Crippen LogP contribution in [0.1, 0.15) is 57.7 Å². The lowest BCUT2D eigenvalue weighted by molar-refractivity contribution is 0.478. The summed E-state index contributed by atoms with van der Waals surface area (Å²) in [5.41, 5.74) is 2.69. The molecule has 3 N–H and O–H groups in total. The lowest BCUT2D eigenvalue weighted by atomic mass is 9.97. The van der Waals surface area contributed by atoms with Crippen LogP contribution in [0.4, 0.5) is 5.82 Å². The van der Waals surface area contributed by atoms with Gasteiger partial charge in [-0.05, 0) is 44.2 Å². The van der Waals surface area contributed by atoms with Crippen LogP contribution in [0, 0.1) is 5.92 Å². The molecule has 1 fully saturated rings. The zero-order valence-corrected chi connectivity index (χ0v) is 12.7. The van der Waals surface area contributed by atoms with E-state index in [2.05, 4.69) is 48.5 Å². The van der Waals surface area contributed by atoms with Crippen molar-refractivity contribution in [2.45, 2.75) is 58.9 Å². The minimum atomic E-state index is 0.511. The minimum Gasteiger partial charge on any atom is -0.366 e. The van der Waals surface area contributed by atoms with E-state index in [9.17, 15) is 0 Å². The monoisotopic (exact) mass is 264 g/mol. The maximum Gasteiger partial charge on any atom is 0.151 e. The molecule has 0 spiro atoms. The summed E-state index contributed by atoms with van der Waals surface area (Å²) in [6, 6.07) is 0.564. The lowest BCUT2D eigenvalue weighted by Crippen LogP contribution is -2.35. The highest BCUT2D eigenvalue weighted by molar-refractivity contribution is 5.49. The molecule has 0 aromatic carbocycles. The molecule has 1 aromatic rings. The number of anilines is 1. The topological polar surface area (TPSA) is 52.7 Å². The van der Waals surface area contributed by atoms with Gasteiger partial charge in [-0.3, -0.25) is 5.10 Å². The number of aromatic nitrogens is 2. The van der Waals surface area contributed by atoms with Gasteiger partial charge in [0.1, 0.15) is 0 Å². The molecular weight excluding hydrogens is 236 g/mol. The van der Waals surface area contributed by atoms with Crippen LogP contribution in [-0.2, 0) is 6.42 Å². The van der Waals surface area contributed by atoms with Gasteiger partial charge in [0.15, 0.2) is 5.82 Å². The summed E-state index contributed by atoms with van der Waals surface area (Å²) in [5.74, 6) is 2.25. The van der Waals surface area contributed by atoms with E-state index >= 15 is 0 Å². The van der Waals surface area contributed by atoms with Crippen LogP contribution < -0.4 is 10.6 Å². The van der Waals surface area contributed by atoms with Gasteiger partial charge in [-0.15, -0.1) is 0 Å². The number of hydrogen-bond donors (Lipinski definition) is 3. The fourth-order valence-electron chi connectivity index (χ4n) is 2.84. The van der Waals surface area contributed by atoms with E-state index < -0.39 is 0 Å². The van der Waals surface area contributed by atoms with Crippen LogP contribution in [0.2, 0.25) is 0 Å². The molecule has 2 rings (SSSR count). The van der Waals surface area contributed by atoms with Crippen LogP contribution in [0.15, 0.2) is 0 Å². The Balaban J connectivity index is 2.12. The fraction of sp³-hybridized carbons (Fsp3) is 0.800. The second-order valence-corrected chi connectivity index (χ2v) is 6.39. The maximum absolute atomic E-state index is 4.53. The van der Waals surface area contributed by atoms with Crippen molar-refractivity contribution in [1.29, 1.82) is 0 Å². The third-order valence-electron chi connectivity index (χ3n) is 3.75. The molecule has 0 aliphatic carbocycles. The molecule has 0 saturated carbocycles. The number of H-pyrrole nitrogens is 1. The molecule has 19 heavy (non-hydrogen) atoms. The normalized spacial score (nSPS) is 17.4. The summed E-state index contributed by atoms with van der Waals surface area (Å²) in [6.07, 6.45) is 3.45. The third kappa shape index (κ3) is 3.72. The van der Waals surface area contributed by atoms with Gasteiger partial charge in [0, 0.05) is 17.3 Å². The van der Waals surface area contributed by atoms with Gasteiger partial charge in [0.05, 0.1) is 0 Å². The first-order chi connectivity index (χ1) is 9.08. The Labute approximate surface area is 116 Å². The van der Waals surface area contributed by atoms with Crippen molar-refractivity contribution in [3.63, 3.8) is 0 Å². The molecule has 0 unspecified atom stereocenters. The molecule has 108 valence electrons. The number of piperidine rings is 1. The first-order valence-corrected chi connectivity index (χ1v) is 7.62. The largest absolute Gasteiger partial charge is 0.366 e. The zero-order chi connectivity index (χ0) is 13.8. The van der Waals surface area contributed by atoms with Gasteiger partial charge >= 0.3 is 0 Å². The van der Waals surface area contributed by atoms with Gasteiger partial charge in [-0.1, -0.05) is 27.7 Å². The molecule has 0 bridgehead atoms. The van der Waals surface area contributed by atoms with Crippen molar-refractivity contribution in [3.8, 4) is 0 Å². The molecule has 0 radical (unpaired) electrons. The van der Waals surface area contributed by atoms with Gasteiger partial charge in [0.2, 0.25) is 0 Å². The maximum atomic E-state index is 4.53. The number of nitrogens with zero attached hydrogens (tertiary/aromatic N) is 1. The van der Waals surface area contributed by atoms with Crippen molar-refractivity contribution in [3.05, 3.63) is 11.3 Å². The molecule has 1 aliphatic rings. The number of rotatable bonds is 5. The molecular formula is C15H28N4. The van der Waals surface area contributed by atoms with E-state index in [4.69, 9.17) is 0 Å². The van der Waals surface area contributed by atoms with Crippen molar-refractivity contribution in [1.82, 2.24) is 15.5 Å². The summed E-state index contributed by atoms with van der Waals surface area (Å²) in [6.45, 7) is 11.2. The molecule has 1 saturated heterocycles. The van der Waals surface area contributed by atoms with Crippen LogP contribution in [-0.4, -0.2) is 29.3 Å². The van der Waals surface area contributed by atoms with E-state index in [-0.39, 0.29) is 0 Å². The summed E-state index contributed by atoms with van der Waals surface area (Å²) >= 11 is 0. The Morgan fingerprint density at radius 2 is 1.89 bits per heavy atom. The Kier molecular flexibility index (Phi) is 4.86. The predicted molar refractivity (Wildman–Crippen MR) is 80.7 cm³/mol. The van der Waals surface area contributed by atoms with E-state index in [0.29, 0.717) is 17.9 Å². The van der Waals surface area contributed by atoms with Crippen LogP contribution in [0.3, 0.4) is 0 Å². The molecule has 4 heteroatoms. The molecule has 1 aromatic heterocycles. The fourth-order valence-corrected chi connectivity index (χ4v) is 2.84. The summed E-state index contributed by atoms with van der Waals surface area (Å²) in [4.78, 5) is 0. The Bertz CT molecular complexity index is 389. The van der Waals surface area contributed by atoms with Gasteiger partial charge < -0.3 is 10.6 Å². The highest BCUT2D eigenvalue weighted by Gasteiger charge is 2.20. The lowest BCUT2D eigenvalue weighted by Gasteiger charge is -2.24. The second kappa shape index (κ2) is 6.42.